The molecule has 1 fully saturated rings. The van der Waals surface area contributed by atoms with Gasteiger partial charge in [-0.05, 0) is 54.5 Å². The van der Waals surface area contributed by atoms with E-state index in [4.69, 9.17) is 23.2 Å². The van der Waals surface area contributed by atoms with Crippen LogP contribution in [0.3, 0.4) is 0 Å². The molecule has 0 aliphatic carbocycles. The number of hydrogen-bond donors (Lipinski definition) is 0. The van der Waals surface area contributed by atoms with Gasteiger partial charge in [0.15, 0.2) is 0 Å². The molecule has 0 saturated carbocycles. The lowest BCUT2D eigenvalue weighted by Gasteiger charge is -2.54. The van der Waals surface area contributed by atoms with Gasteiger partial charge in [-0.2, -0.15) is 0 Å². The summed E-state index contributed by atoms with van der Waals surface area (Å²) in [5.74, 6) is 0.679. The molecule has 1 saturated heterocycles. The Labute approximate surface area is 151 Å². The summed E-state index contributed by atoms with van der Waals surface area (Å²) in [6.45, 7) is 13.3. The van der Waals surface area contributed by atoms with E-state index in [0.29, 0.717) is 21.4 Å². The van der Waals surface area contributed by atoms with Crippen molar-refractivity contribution in [3.63, 3.8) is 0 Å². The van der Waals surface area contributed by atoms with Crippen LogP contribution in [-0.4, -0.2) is 18.0 Å². The normalized spacial score (nSPS) is 20.1. The molecule has 23 heavy (non-hydrogen) atoms. The minimum atomic E-state index is 0.208. The van der Waals surface area contributed by atoms with Crippen molar-refractivity contribution in [1.82, 2.24) is 4.90 Å². The van der Waals surface area contributed by atoms with Crippen molar-refractivity contribution >= 4 is 23.2 Å². The molecule has 0 spiro atoms. The Morgan fingerprint density at radius 2 is 1.70 bits per heavy atom. The summed E-state index contributed by atoms with van der Waals surface area (Å²) < 4.78 is 0. The van der Waals surface area contributed by atoms with Gasteiger partial charge < -0.3 is 0 Å². The summed E-state index contributed by atoms with van der Waals surface area (Å²) in [7, 11) is 0. The monoisotopic (exact) mass is 351 g/mol. The molecule has 126 valence electrons. The van der Waals surface area contributed by atoms with E-state index in [1.807, 2.05) is 12.1 Å². The maximum atomic E-state index is 6.25. The minimum absolute atomic E-state index is 0.208. The predicted octanol–water partition coefficient (Wildman–Crippen LogP) is 6.53. The molecule has 1 aliphatic heterocycles. The van der Waals surface area contributed by atoms with Crippen molar-refractivity contribution in [3.8, 4) is 0 Å². The van der Waals surface area contributed by atoms with Crippen molar-refractivity contribution in [2.45, 2.75) is 40.7 Å². The Hall–Kier alpha value is -0.760. The maximum absolute atomic E-state index is 6.25. The first-order chi connectivity index (χ1) is 10.8. The number of halogens is 2. The number of rotatable bonds is 5. The fourth-order valence-corrected chi connectivity index (χ4v) is 3.86. The van der Waals surface area contributed by atoms with Crippen LogP contribution in [0, 0.1) is 11.3 Å². The first kappa shape index (κ1) is 18.6. The SMILES string of the molecule is C/C=C\C(=C/C)[C@H](c1cc(Cl)cc(Cl)c1)N1CC(C)(C(C)C)C1. The quantitative estimate of drug-likeness (QED) is 0.544. The van der Waals surface area contributed by atoms with Crippen LogP contribution in [0.4, 0.5) is 0 Å². The van der Waals surface area contributed by atoms with E-state index in [2.05, 4.69) is 57.7 Å². The molecular formula is C20H27Cl2N. The van der Waals surface area contributed by atoms with E-state index in [0.717, 1.165) is 13.1 Å². The van der Waals surface area contributed by atoms with Crippen molar-refractivity contribution in [2.75, 3.05) is 13.1 Å². The number of allylic oxidation sites excluding steroid dienone is 2. The van der Waals surface area contributed by atoms with Gasteiger partial charge in [0.1, 0.15) is 0 Å². The lowest BCUT2D eigenvalue weighted by Crippen LogP contribution is -2.58. The van der Waals surface area contributed by atoms with E-state index < -0.39 is 0 Å². The molecule has 1 aromatic rings. The van der Waals surface area contributed by atoms with Crippen molar-refractivity contribution in [3.05, 3.63) is 57.6 Å². The highest BCUT2D eigenvalue weighted by Crippen LogP contribution is 2.45. The number of benzene rings is 1. The molecule has 1 aromatic carbocycles. The standard InChI is InChI=1S/C20H27Cl2N/c1-6-8-15(7-2)19(16-9-17(21)11-18(22)10-16)23-12-20(5,13-23)14(3)4/h6-11,14,19H,12-13H2,1-5H3/b8-6-,15-7+/t19-/m1/s1. The van der Waals surface area contributed by atoms with Crippen molar-refractivity contribution in [2.24, 2.45) is 11.3 Å². The average molecular weight is 352 g/mol. The Kier molecular flexibility index (Phi) is 5.99. The molecule has 1 heterocycles. The number of hydrogen-bond acceptors (Lipinski definition) is 1. The van der Waals surface area contributed by atoms with Crippen LogP contribution >= 0.6 is 23.2 Å². The molecule has 1 aliphatic rings. The smallest absolute Gasteiger partial charge is 0.0599 e. The molecular weight excluding hydrogens is 325 g/mol. The Morgan fingerprint density at radius 1 is 1.13 bits per heavy atom. The average Bonchev–Trinajstić information content (AvgIpc) is 2.43. The van der Waals surface area contributed by atoms with Crippen LogP contribution in [0.5, 0.6) is 0 Å². The highest BCUT2D eigenvalue weighted by Gasteiger charge is 2.44. The first-order valence-corrected chi connectivity index (χ1v) is 9.05. The summed E-state index contributed by atoms with van der Waals surface area (Å²) >= 11 is 12.5. The van der Waals surface area contributed by atoms with Crippen LogP contribution in [0.25, 0.3) is 0 Å². The van der Waals surface area contributed by atoms with Gasteiger partial charge in [0.2, 0.25) is 0 Å². The van der Waals surface area contributed by atoms with E-state index >= 15 is 0 Å². The molecule has 0 amide bonds. The van der Waals surface area contributed by atoms with Crippen LogP contribution in [-0.2, 0) is 0 Å². The molecule has 0 bridgehead atoms. The molecule has 1 atom stereocenters. The highest BCUT2D eigenvalue weighted by molar-refractivity contribution is 6.34. The fourth-order valence-electron chi connectivity index (χ4n) is 3.31. The summed E-state index contributed by atoms with van der Waals surface area (Å²) in [5, 5.41) is 1.39. The molecule has 0 N–H and O–H groups in total. The zero-order chi connectivity index (χ0) is 17.2. The van der Waals surface area contributed by atoms with E-state index in [9.17, 15) is 0 Å². The Balaban J connectivity index is 2.38. The van der Waals surface area contributed by atoms with E-state index in [-0.39, 0.29) is 6.04 Å². The predicted molar refractivity (Wildman–Crippen MR) is 102 cm³/mol. The Morgan fingerprint density at radius 3 is 2.13 bits per heavy atom. The van der Waals surface area contributed by atoms with Crippen LogP contribution in [0.1, 0.15) is 46.2 Å². The number of nitrogens with zero attached hydrogens (tertiary/aromatic N) is 1. The highest BCUT2D eigenvalue weighted by atomic mass is 35.5. The van der Waals surface area contributed by atoms with Gasteiger partial charge in [0.05, 0.1) is 6.04 Å². The summed E-state index contributed by atoms with van der Waals surface area (Å²) in [6.07, 6.45) is 6.46. The molecule has 2 rings (SSSR count). The summed E-state index contributed by atoms with van der Waals surface area (Å²) in [4.78, 5) is 2.53. The molecule has 3 heteroatoms. The van der Waals surface area contributed by atoms with Gasteiger partial charge in [-0.25, -0.2) is 0 Å². The van der Waals surface area contributed by atoms with Gasteiger partial charge >= 0.3 is 0 Å². The third-order valence-corrected chi connectivity index (χ3v) is 5.53. The lowest BCUT2D eigenvalue weighted by atomic mass is 9.71. The summed E-state index contributed by atoms with van der Waals surface area (Å²) in [5.41, 5.74) is 2.84. The first-order valence-electron chi connectivity index (χ1n) is 8.29. The van der Waals surface area contributed by atoms with Crippen molar-refractivity contribution < 1.29 is 0 Å². The van der Waals surface area contributed by atoms with Crippen molar-refractivity contribution in [1.29, 1.82) is 0 Å². The van der Waals surface area contributed by atoms with Crippen LogP contribution in [0.15, 0.2) is 42.0 Å². The van der Waals surface area contributed by atoms with Gasteiger partial charge in [0, 0.05) is 23.1 Å². The number of likely N-dealkylation sites (tertiary alicyclic amines) is 1. The molecule has 0 unspecified atom stereocenters. The molecule has 0 radical (unpaired) electrons. The van der Waals surface area contributed by atoms with Gasteiger partial charge in [0.25, 0.3) is 0 Å². The van der Waals surface area contributed by atoms with Gasteiger partial charge in [-0.15, -0.1) is 0 Å². The second kappa shape index (κ2) is 7.42. The minimum Gasteiger partial charge on any atom is -0.291 e. The largest absolute Gasteiger partial charge is 0.291 e. The second-order valence-electron chi connectivity index (χ2n) is 7.11. The van der Waals surface area contributed by atoms with Gasteiger partial charge in [-0.3, -0.25) is 4.90 Å². The topological polar surface area (TPSA) is 3.24 Å². The fraction of sp³-hybridized carbons (Fsp3) is 0.500. The molecule has 1 nitrogen and oxygen atoms in total. The lowest BCUT2D eigenvalue weighted by molar-refractivity contribution is -0.0406. The Bertz CT molecular complexity index is 590. The van der Waals surface area contributed by atoms with Gasteiger partial charge in [-0.1, -0.05) is 62.2 Å². The van der Waals surface area contributed by atoms with Crippen LogP contribution in [0.2, 0.25) is 10.0 Å². The maximum Gasteiger partial charge on any atom is 0.0599 e. The summed E-state index contributed by atoms with van der Waals surface area (Å²) in [6, 6.07) is 6.08. The van der Waals surface area contributed by atoms with Crippen LogP contribution < -0.4 is 0 Å². The van der Waals surface area contributed by atoms with E-state index in [1.54, 1.807) is 6.07 Å². The second-order valence-corrected chi connectivity index (χ2v) is 7.98. The third kappa shape index (κ3) is 4.02. The molecule has 0 aromatic heterocycles. The van der Waals surface area contributed by atoms with E-state index in [1.165, 1.54) is 11.1 Å². The zero-order valence-corrected chi connectivity index (χ0v) is 16.2. The zero-order valence-electron chi connectivity index (χ0n) is 14.7. The third-order valence-electron chi connectivity index (χ3n) is 5.10.